The Kier molecular flexibility index (Phi) is 4.53. The van der Waals surface area contributed by atoms with E-state index in [-0.39, 0.29) is 17.4 Å². The summed E-state index contributed by atoms with van der Waals surface area (Å²) in [6.07, 6.45) is 1.14. The zero-order chi connectivity index (χ0) is 20.4. The summed E-state index contributed by atoms with van der Waals surface area (Å²) in [6, 6.07) is 12.9. The standard InChI is InChI=1S/C18H12N6O5/c1-28-18(25)11-6-8-12(9-7-11)29-17-15(24(26)27)16(19-10-20-17)23-14-5-3-2-4-13(14)21-22-23/h2-10H,1H3. The molecule has 0 saturated heterocycles. The second-order valence-electron chi connectivity index (χ2n) is 5.72. The zero-order valence-corrected chi connectivity index (χ0v) is 14.9. The summed E-state index contributed by atoms with van der Waals surface area (Å²) in [5.74, 6) is -0.621. The molecule has 0 unspecified atom stereocenters. The number of hydrogen-bond acceptors (Lipinski definition) is 9. The Hall–Kier alpha value is -4.41. The van der Waals surface area contributed by atoms with Crippen LogP contribution in [-0.4, -0.2) is 43.0 Å². The summed E-state index contributed by atoms with van der Waals surface area (Å²) in [4.78, 5) is 30.5. The molecule has 29 heavy (non-hydrogen) atoms. The molecule has 0 aliphatic heterocycles. The molecule has 2 heterocycles. The lowest BCUT2D eigenvalue weighted by Crippen LogP contribution is -2.07. The first kappa shape index (κ1) is 18.0. The molecule has 11 heteroatoms. The van der Waals surface area contributed by atoms with E-state index in [0.717, 1.165) is 6.33 Å². The molecule has 2 aromatic carbocycles. The van der Waals surface area contributed by atoms with Crippen molar-refractivity contribution in [2.24, 2.45) is 0 Å². The lowest BCUT2D eigenvalue weighted by Gasteiger charge is -2.08. The number of para-hydroxylation sites is 1. The summed E-state index contributed by atoms with van der Waals surface area (Å²) < 4.78 is 11.5. The van der Waals surface area contributed by atoms with Crippen LogP contribution in [0.2, 0.25) is 0 Å². The fourth-order valence-electron chi connectivity index (χ4n) is 2.66. The fourth-order valence-corrected chi connectivity index (χ4v) is 2.66. The lowest BCUT2D eigenvalue weighted by atomic mass is 10.2. The summed E-state index contributed by atoms with van der Waals surface area (Å²) in [5, 5.41) is 19.7. The van der Waals surface area contributed by atoms with Crippen molar-refractivity contribution in [2.75, 3.05) is 7.11 Å². The number of nitro groups is 1. The van der Waals surface area contributed by atoms with Crippen LogP contribution in [0.5, 0.6) is 11.6 Å². The summed E-state index contributed by atoms with van der Waals surface area (Å²) in [6.45, 7) is 0. The Labute approximate surface area is 162 Å². The van der Waals surface area contributed by atoms with Crippen molar-refractivity contribution < 1.29 is 19.2 Å². The second kappa shape index (κ2) is 7.31. The van der Waals surface area contributed by atoms with E-state index in [0.29, 0.717) is 16.6 Å². The third-order valence-corrected chi connectivity index (χ3v) is 3.99. The highest BCUT2D eigenvalue weighted by atomic mass is 16.6. The highest BCUT2D eigenvalue weighted by Gasteiger charge is 2.28. The molecule has 0 saturated carbocycles. The van der Waals surface area contributed by atoms with Crippen LogP contribution in [0.3, 0.4) is 0 Å². The van der Waals surface area contributed by atoms with Gasteiger partial charge >= 0.3 is 17.5 Å². The van der Waals surface area contributed by atoms with Gasteiger partial charge in [0.1, 0.15) is 17.6 Å². The Morgan fingerprint density at radius 1 is 1.10 bits per heavy atom. The number of benzene rings is 2. The number of rotatable bonds is 5. The van der Waals surface area contributed by atoms with Crippen molar-refractivity contribution in [3.8, 4) is 17.4 Å². The zero-order valence-electron chi connectivity index (χ0n) is 14.9. The molecule has 0 fully saturated rings. The van der Waals surface area contributed by atoms with Crippen molar-refractivity contribution in [2.45, 2.75) is 0 Å². The number of hydrogen-bond donors (Lipinski definition) is 0. The van der Waals surface area contributed by atoms with Gasteiger partial charge < -0.3 is 9.47 Å². The highest BCUT2D eigenvalue weighted by Crippen LogP contribution is 2.33. The number of nitrogens with zero attached hydrogens (tertiary/aromatic N) is 6. The molecule has 4 aromatic rings. The number of esters is 1. The summed E-state index contributed by atoms with van der Waals surface area (Å²) in [5.41, 5.74) is 0.941. The number of fused-ring (bicyclic) bond motifs is 1. The first-order chi connectivity index (χ1) is 14.1. The summed E-state index contributed by atoms with van der Waals surface area (Å²) >= 11 is 0. The van der Waals surface area contributed by atoms with E-state index < -0.39 is 16.6 Å². The van der Waals surface area contributed by atoms with Gasteiger partial charge in [-0.15, -0.1) is 5.10 Å². The molecule has 0 radical (unpaired) electrons. The van der Waals surface area contributed by atoms with Crippen LogP contribution < -0.4 is 4.74 Å². The van der Waals surface area contributed by atoms with Gasteiger partial charge in [0, 0.05) is 0 Å². The SMILES string of the molecule is COC(=O)c1ccc(Oc2ncnc(-n3nnc4ccccc43)c2[N+](=O)[O-])cc1. The number of ether oxygens (including phenoxy) is 2. The minimum Gasteiger partial charge on any atom is -0.465 e. The van der Waals surface area contributed by atoms with Gasteiger partial charge in [0.2, 0.25) is 5.82 Å². The first-order valence-corrected chi connectivity index (χ1v) is 8.25. The van der Waals surface area contributed by atoms with Crippen LogP contribution in [0.1, 0.15) is 10.4 Å². The Morgan fingerprint density at radius 3 is 2.59 bits per heavy atom. The van der Waals surface area contributed by atoms with E-state index >= 15 is 0 Å². The van der Waals surface area contributed by atoms with Crippen LogP contribution in [-0.2, 0) is 4.74 Å². The molecular weight excluding hydrogens is 380 g/mol. The fraction of sp³-hybridized carbons (Fsp3) is 0.0556. The predicted molar refractivity (Wildman–Crippen MR) is 99.0 cm³/mol. The monoisotopic (exact) mass is 392 g/mol. The molecule has 0 spiro atoms. The molecule has 2 aromatic heterocycles. The van der Waals surface area contributed by atoms with Crippen molar-refractivity contribution in [3.05, 3.63) is 70.5 Å². The topological polar surface area (TPSA) is 135 Å². The smallest absolute Gasteiger partial charge is 0.375 e. The Morgan fingerprint density at radius 2 is 1.86 bits per heavy atom. The maximum absolute atomic E-state index is 11.8. The van der Waals surface area contributed by atoms with Gasteiger partial charge in [0.15, 0.2) is 0 Å². The first-order valence-electron chi connectivity index (χ1n) is 8.25. The Bertz CT molecular complexity index is 1220. The quantitative estimate of drug-likeness (QED) is 0.285. The highest BCUT2D eigenvalue weighted by molar-refractivity contribution is 5.89. The van der Waals surface area contributed by atoms with E-state index in [2.05, 4.69) is 25.0 Å². The number of carbonyl (C=O) groups excluding carboxylic acids is 1. The minimum absolute atomic E-state index is 0.0834. The molecule has 11 nitrogen and oxygen atoms in total. The largest absolute Gasteiger partial charge is 0.465 e. The lowest BCUT2D eigenvalue weighted by molar-refractivity contribution is -0.386. The third-order valence-electron chi connectivity index (χ3n) is 3.99. The number of carbonyl (C=O) groups is 1. The van der Waals surface area contributed by atoms with E-state index in [4.69, 9.17) is 4.74 Å². The second-order valence-corrected chi connectivity index (χ2v) is 5.72. The van der Waals surface area contributed by atoms with Crippen LogP contribution in [0, 0.1) is 10.1 Å². The average molecular weight is 392 g/mol. The van der Waals surface area contributed by atoms with Crippen molar-refractivity contribution >= 4 is 22.7 Å². The van der Waals surface area contributed by atoms with Crippen molar-refractivity contribution in [1.29, 1.82) is 0 Å². The van der Waals surface area contributed by atoms with E-state index in [1.54, 1.807) is 24.3 Å². The third kappa shape index (κ3) is 3.32. The molecule has 4 rings (SSSR count). The van der Waals surface area contributed by atoms with Crippen molar-refractivity contribution in [1.82, 2.24) is 25.0 Å². The van der Waals surface area contributed by atoms with E-state index in [1.807, 2.05) is 0 Å². The van der Waals surface area contributed by atoms with Crippen LogP contribution in [0.4, 0.5) is 5.69 Å². The van der Waals surface area contributed by atoms with Gasteiger partial charge in [-0.1, -0.05) is 17.3 Å². The van der Waals surface area contributed by atoms with Gasteiger partial charge in [-0.25, -0.2) is 9.78 Å². The number of aromatic nitrogens is 5. The molecule has 144 valence electrons. The van der Waals surface area contributed by atoms with E-state index in [1.165, 1.54) is 36.1 Å². The predicted octanol–water partition coefficient (Wildman–Crippen LogP) is 2.70. The van der Waals surface area contributed by atoms with Crippen LogP contribution in [0.15, 0.2) is 54.9 Å². The molecule has 0 aliphatic carbocycles. The van der Waals surface area contributed by atoms with Gasteiger partial charge in [-0.05, 0) is 36.4 Å². The molecule has 0 amide bonds. The maximum atomic E-state index is 11.8. The molecule has 0 aliphatic rings. The average Bonchev–Trinajstić information content (AvgIpc) is 3.17. The van der Waals surface area contributed by atoms with Crippen LogP contribution >= 0.6 is 0 Å². The van der Waals surface area contributed by atoms with Crippen molar-refractivity contribution in [3.63, 3.8) is 0 Å². The van der Waals surface area contributed by atoms with Crippen LogP contribution in [0.25, 0.3) is 16.9 Å². The minimum atomic E-state index is -0.649. The Balaban J connectivity index is 1.76. The summed E-state index contributed by atoms with van der Waals surface area (Å²) in [7, 11) is 1.27. The van der Waals surface area contributed by atoms with Gasteiger partial charge in [-0.3, -0.25) is 10.1 Å². The van der Waals surface area contributed by atoms with Gasteiger partial charge in [-0.2, -0.15) is 9.67 Å². The van der Waals surface area contributed by atoms with Gasteiger partial charge in [0.25, 0.3) is 0 Å². The maximum Gasteiger partial charge on any atom is 0.375 e. The van der Waals surface area contributed by atoms with E-state index in [9.17, 15) is 14.9 Å². The normalized spacial score (nSPS) is 10.7. The molecule has 0 atom stereocenters. The number of methoxy groups -OCH3 is 1. The molecular formula is C18H12N6O5. The van der Waals surface area contributed by atoms with Gasteiger partial charge in [0.05, 0.1) is 23.1 Å². The molecule has 0 bridgehead atoms. The molecule has 0 N–H and O–H groups in total.